The number of aryl methyl sites for hydroxylation is 1. The zero-order valence-electron chi connectivity index (χ0n) is 8.54. The van der Waals surface area contributed by atoms with Gasteiger partial charge in [-0.15, -0.1) is 12.4 Å². The summed E-state index contributed by atoms with van der Waals surface area (Å²) in [5.74, 6) is 0.950. The second-order valence-electron chi connectivity index (χ2n) is 3.62. The second-order valence-corrected chi connectivity index (χ2v) is 3.62. The lowest BCUT2D eigenvalue weighted by Gasteiger charge is -2.12. The van der Waals surface area contributed by atoms with Gasteiger partial charge in [0.15, 0.2) is 0 Å². The molecule has 0 aliphatic heterocycles. The van der Waals surface area contributed by atoms with Gasteiger partial charge in [-0.3, -0.25) is 0 Å². The van der Waals surface area contributed by atoms with E-state index in [1.54, 1.807) is 7.11 Å². The van der Waals surface area contributed by atoms with Crippen molar-refractivity contribution in [3.05, 3.63) is 28.8 Å². The van der Waals surface area contributed by atoms with Crippen molar-refractivity contribution in [2.45, 2.75) is 25.8 Å². The van der Waals surface area contributed by atoms with Crippen LogP contribution in [-0.4, -0.2) is 7.11 Å². The maximum atomic E-state index is 6.01. The number of methoxy groups -OCH3 is 1. The molecule has 0 saturated carbocycles. The lowest BCUT2D eigenvalue weighted by Crippen LogP contribution is -2.07. The van der Waals surface area contributed by atoms with E-state index in [1.165, 1.54) is 16.7 Å². The van der Waals surface area contributed by atoms with Crippen molar-refractivity contribution < 1.29 is 4.74 Å². The summed E-state index contributed by atoms with van der Waals surface area (Å²) >= 11 is 0. The third kappa shape index (κ3) is 1.60. The molecule has 1 aromatic rings. The molecule has 0 amide bonds. The molecule has 3 heteroatoms. The standard InChI is InChI=1S/C11H15NO.ClH/c1-7-3-6-10(13-2)11-8(7)4-5-9(11)12;/h3,6,9H,4-5,12H2,1-2H3;1H. The summed E-state index contributed by atoms with van der Waals surface area (Å²) in [6.45, 7) is 2.14. The van der Waals surface area contributed by atoms with Crippen molar-refractivity contribution in [2.75, 3.05) is 7.11 Å². The van der Waals surface area contributed by atoms with Gasteiger partial charge in [0.1, 0.15) is 5.75 Å². The van der Waals surface area contributed by atoms with Crippen LogP contribution >= 0.6 is 12.4 Å². The Morgan fingerprint density at radius 2 is 2.14 bits per heavy atom. The third-order valence-corrected chi connectivity index (χ3v) is 2.85. The highest BCUT2D eigenvalue weighted by Gasteiger charge is 2.24. The lowest BCUT2D eigenvalue weighted by atomic mass is 10.0. The number of hydrogen-bond donors (Lipinski definition) is 1. The minimum atomic E-state index is 0. The molecule has 1 aromatic carbocycles. The van der Waals surface area contributed by atoms with Gasteiger partial charge in [0.05, 0.1) is 7.11 Å². The highest BCUT2D eigenvalue weighted by Crippen LogP contribution is 2.37. The monoisotopic (exact) mass is 213 g/mol. The Labute approximate surface area is 90.9 Å². The Morgan fingerprint density at radius 3 is 2.79 bits per heavy atom. The first kappa shape index (κ1) is 11.3. The van der Waals surface area contributed by atoms with E-state index in [9.17, 15) is 0 Å². The SMILES string of the molecule is COc1ccc(C)c2c1C(N)CC2.Cl. The zero-order valence-corrected chi connectivity index (χ0v) is 9.36. The van der Waals surface area contributed by atoms with E-state index in [0.29, 0.717) is 0 Å². The van der Waals surface area contributed by atoms with Gasteiger partial charge in [-0.05, 0) is 37.0 Å². The molecule has 0 aromatic heterocycles. The smallest absolute Gasteiger partial charge is 0.123 e. The average Bonchev–Trinajstić information content (AvgIpc) is 2.51. The summed E-state index contributed by atoms with van der Waals surface area (Å²) in [7, 11) is 1.70. The Kier molecular flexibility index (Phi) is 3.40. The number of fused-ring (bicyclic) bond motifs is 1. The maximum Gasteiger partial charge on any atom is 0.123 e. The molecule has 2 rings (SSSR count). The average molecular weight is 214 g/mol. The third-order valence-electron chi connectivity index (χ3n) is 2.85. The fraction of sp³-hybridized carbons (Fsp3) is 0.455. The number of nitrogens with two attached hydrogens (primary N) is 1. The molecule has 78 valence electrons. The van der Waals surface area contributed by atoms with E-state index in [1.807, 2.05) is 6.07 Å². The second kappa shape index (κ2) is 4.20. The van der Waals surface area contributed by atoms with Gasteiger partial charge < -0.3 is 10.5 Å². The van der Waals surface area contributed by atoms with Crippen LogP contribution in [0.15, 0.2) is 12.1 Å². The number of benzene rings is 1. The van der Waals surface area contributed by atoms with Gasteiger partial charge >= 0.3 is 0 Å². The Morgan fingerprint density at radius 1 is 1.43 bits per heavy atom. The van der Waals surface area contributed by atoms with Crippen LogP contribution in [0.3, 0.4) is 0 Å². The van der Waals surface area contributed by atoms with Crippen LogP contribution in [-0.2, 0) is 6.42 Å². The molecule has 0 heterocycles. The molecule has 0 fully saturated rings. The Bertz CT molecular complexity index is 338. The summed E-state index contributed by atoms with van der Waals surface area (Å²) in [6, 6.07) is 4.29. The van der Waals surface area contributed by atoms with Crippen LogP contribution in [0.1, 0.15) is 29.2 Å². The van der Waals surface area contributed by atoms with E-state index >= 15 is 0 Å². The Hall–Kier alpha value is -0.730. The summed E-state index contributed by atoms with van der Waals surface area (Å²) in [5.41, 5.74) is 9.97. The molecule has 0 spiro atoms. The molecule has 1 unspecified atom stereocenters. The number of ether oxygens (including phenoxy) is 1. The molecule has 2 nitrogen and oxygen atoms in total. The summed E-state index contributed by atoms with van der Waals surface area (Å²) in [4.78, 5) is 0. The van der Waals surface area contributed by atoms with E-state index in [4.69, 9.17) is 10.5 Å². The van der Waals surface area contributed by atoms with Gasteiger partial charge in [0.25, 0.3) is 0 Å². The fourth-order valence-corrected chi connectivity index (χ4v) is 2.11. The molecule has 1 atom stereocenters. The van der Waals surface area contributed by atoms with Crippen LogP contribution < -0.4 is 10.5 Å². The predicted octanol–water partition coefficient (Wildman–Crippen LogP) is 2.37. The summed E-state index contributed by atoms with van der Waals surface area (Å²) in [6.07, 6.45) is 2.15. The first-order valence-electron chi connectivity index (χ1n) is 4.66. The van der Waals surface area contributed by atoms with Gasteiger partial charge in [0.2, 0.25) is 0 Å². The van der Waals surface area contributed by atoms with Crippen LogP contribution in [0.2, 0.25) is 0 Å². The molecule has 0 saturated heterocycles. The van der Waals surface area contributed by atoms with Crippen molar-refractivity contribution >= 4 is 12.4 Å². The van der Waals surface area contributed by atoms with Crippen molar-refractivity contribution in [3.63, 3.8) is 0 Å². The quantitative estimate of drug-likeness (QED) is 0.778. The van der Waals surface area contributed by atoms with Gasteiger partial charge in [-0.2, -0.15) is 0 Å². The first-order chi connectivity index (χ1) is 6.24. The van der Waals surface area contributed by atoms with E-state index < -0.39 is 0 Å². The molecule has 14 heavy (non-hydrogen) atoms. The van der Waals surface area contributed by atoms with Crippen LogP contribution in [0.5, 0.6) is 5.75 Å². The van der Waals surface area contributed by atoms with Crippen LogP contribution in [0.4, 0.5) is 0 Å². The van der Waals surface area contributed by atoms with E-state index in [0.717, 1.165) is 18.6 Å². The molecule has 0 bridgehead atoms. The molecule has 1 aliphatic rings. The summed E-state index contributed by atoms with van der Waals surface area (Å²) in [5, 5.41) is 0. The number of hydrogen-bond acceptors (Lipinski definition) is 2. The molecule has 0 radical (unpaired) electrons. The minimum Gasteiger partial charge on any atom is -0.496 e. The van der Waals surface area contributed by atoms with Crippen LogP contribution in [0, 0.1) is 6.92 Å². The van der Waals surface area contributed by atoms with Crippen molar-refractivity contribution in [1.82, 2.24) is 0 Å². The molecular weight excluding hydrogens is 198 g/mol. The predicted molar refractivity (Wildman–Crippen MR) is 60.2 cm³/mol. The topological polar surface area (TPSA) is 35.2 Å². The van der Waals surface area contributed by atoms with Gasteiger partial charge in [-0.1, -0.05) is 6.07 Å². The van der Waals surface area contributed by atoms with Gasteiger partial charge in [-0.25, -0.2) is 0 Å². The van der Waals surface area contributed by atoms with E-state index in [-0.39, 0.29) is 18.4 Å². The lowest BCUT2D eigenvalue weighted by molar-refractivity contribution is 0.407. The van der Waals surface area contributed by atoms with Crippen molar-refractivity contribution in [1.29, 1.82) is 0 Å². The summed E-state index contributed by atoms with van der Waals surface area (Å²) < 4.78 is 5.30. The van der Waals surface area contributed by atoms with Gasteiger partial charge in [0, 0.05) is 11.6 Å². The largest absolute Gasteiger partial charge is 0.496 e. The normalized spacial score (nSPS) is 18.6. The molecule has 1 aliphatic carbocycles. The highest BCUT2D eigenvalue weighted by molar-refractivity contribution is 5.85. The number of rotatable bonds is 1. The molecular formula is C11H16ClNO. The van der Waals surface area contributed by atoms with E-state index in [2.05, 4.69) is 13.0 Å². The maximum absolute atomic E-state index is 6.01. The fourth-order valence-electron chi connectivity index (χ4n) is 2.11. The number of halogens is 1. The molecule has 2 N–H and O–H groups in total. The highest BCUT2D eigenvalue weighted by atomic mass is 35.5. The minimum absolute atomic E-state index is 0. The van der Waals surface area contributed by atoms with Crippen molar-refractivity contribution in [2.24, 2.45) is 5.73 Å². The first-order valence-corrected chi connectivity index (χ1v) is 4.66. The Balaban J connectivity index is 0.000000980. The zero-order chi connectivity index (χ0) is 9.42. The van der Waals surface area contributed by atoms with Crippen molar-refractivity contribution in [3.8, 4) is 5.75 Å². The van der Waals surface area contributed by atoms with Crippen LogP contribution in [0.25, 0.3) is 0 Å².